The van der Waals surface area contributed by atoms with Crippen molar-refractivity contribution >= 4 is 5.65 Å². The summed E-state index contributed by atoms with van der Waals surface area (Å²) in [6, 6.07) is 9.62. The summed E-state index contributed by atoms with van der Waals surface area (Å²) in [5, 5.41) is 6.68. The van der Waals surface area contributed by atoms with Gasteiger partial charge in [-0.15, -0.1) is 0 Å². The second kappa shape index (κ2) is 4.76. The fraction of sp³-hybridized carbons (Fsp3) is 0.143. The Balaban J connectivity index is 2.02. The molecule has 108 valence electrons. The molecule has 0 aliphatic carbocycles. The number of rotatable bonds is 2. The van der Waals surface area contributed by atoms with E-state index in [1.165, 1.54) is 16.5 Å². The average Bonchev–Trinajstić information content (AvgIpc) is 2.83. The van der Waals surface area contributed by atoms with Crippen LogP contribution in [0.3, 0.4) is 0 Å². The lowest BCUT2D eigenvalue weighted by Gasteiger charge is -2.08. The lowest BCUT2D eigenvalue weighted by Crippen LogP contribution is -2.13. The number of nitrogens with zero attached hydrogens (tertiary/aromatic N) is 2. The summed E-state index contributed by atoms with van der Waals surface area (Å²) >= 11 is 0. The largest absolute Gasteiger partial charge is 0.416 e. The van der Waals surface area contributed by atoms with Crippen LogP contribution in [-0.4, -0.2) is 14.6 Å². The van der Waals surface area contributed by atoms with Gasteiger partial charge in [-0.2, -0.15) is 18.3 Å². The van der Waals surface area contributed by atoms with Crippen molar-refractivity contribution in [2.24, 2.45) is 0 Å². The fourth-order valence-electron chi connectivity index (χ4n) is 2.17. The van der Waals surface area contributed by atoms with E-state index in [1.807, 2.05) is 0 Å². The monoisotopic (exact) mass is 293 g/mol. The van der Waals surface area contributed by atoms with Gasteiger partial charge in [0.1, 0.15) is 11.5 Å². The molecule has 4 nitrogen and oxygen atoms in total. The van der Waals surface area contributed by atoms with E-state index in [2.05, 4.69) is 10.2 Å². The van der Waals surface area contributed by atoms with E-state index in [4.69, 9.17) is 0 Å². The first-order chi connectivity index (χ1) is 9.95. The van der Waals surface area contributed by atoms with Crippen LogP contribution in [0.25, 0.3) is 5.65 Å². The summed E-state index contributed by atoms with van der Waals surface area (Å²) in [5.41, 5.74) is -0.0473. The van der Waals surface area contributed by atoms with Gasteiger partial charge in [0.2, 0.25) is 0 Å². The highest BCUT2D eigenvalue weighted by molar-refractivity contribution is 5.38. The van der Waals surface area contributed by atoms with Gasteiger partial charge < -0.3 is 0 Å². The molecule has 0 amide bonds. The van der Waals surface area contributed by atoms with Gasteiger partial charge in [0.25, 0.3) is 5.56 Å². The lowest BCUT2D eigenvalue weighted by atomic mass is 10.1. The molecule has 0 spiro atoms. The average molecular weight is 293 g/mol. The van der Waals surface area contributed by atoms with Gasteiger partial charge in [-0.1, -0.05) is 24.3 Å². The zero-order chi connectivity index (χ0) is 15.0. The second-order valence-corrected chi connectivity index (χ2v) is 4.60. The third-order valence-corrected chi connectivity index (χ3v) is 3.13. The molecule has 0 saturated carbocycles. The maximum Gasteiger partial charge on any atom is 0.416 e. The highest BCUT2D eigenvalue weighted by Gasteiger charge is 2.30. The Labute approximate surface area is 116 Å². The van der Waals surface area contributed by atoms with Crippen LogP contribution in [0.2, 0.25) is 0 Å². The Bertz CT molecular complexity index is 848. The van der Waals surface area contributed by atoms with Gasteiger partial charge in [0, 0.05) is 12.5 Å². The molecule has 0 saturated heterocycles. The highest BCUT2D eigenvalue weighted by atomic mass is 19.4. The molecular formula is C14H10F3N3O. The molecule has 0 aliphatic heterocycles. The maximum atomic E-state index is 12.7. The Kier molecular flexibility index (Phi) is 3.04. The van der Waals surface area contributed by atoms with Crippen LogP contribution in [0, 0.1) is 0 Å². The van der Waals surface area contributed by atoms with Gasteiger partial charge in [-0.25, -0.2) is 4.40 Å². The van der Waals surface area contributed by atoms with Crippen molar-refractivity contribution in [2.75, 3.05) is 0 Å². The van der Waals surface area contributed by atoms with Gasteiger partial charge >= 0.3 is 6.18 Å². The first-order valence-corrected chi connectivity index (χ1v) is 6.16. The molecule has 3 rings (SSSR count). The van der Waals surface area contributed by atoms with Crippen molar-refractivity contribution in [1.29, 1.82) is 0 Å². The Morgan fingerprint density at radius 3 is 2.67 bits per heavy atom. The second-order valence-electron chi connectivity index (χ2n) is 4.60. The highest BCUT2D eigenvalue weighted by Crippen LogP contribution is 2.29. The minimum atomic E-state index is -4.39. The number of aromatic amines is 1. The molecule has 0 fully saturated rings. The summed E-state index contributed by atoms with van der Waals surface area (Å²) in [6.07, 6.45) is -4.26. The molecule has 0 unspecified atom stereocenters. The quantitative estimate of drug-likeness (QED) is 0.789. The number of halogens is 3. The van der Waals surface area contributed by atoms with Crippen LogP contribution >= 0.6 is 0 Å². The number of nitrogens with one attached hydrogen (secondary N) is 1. The normalized spacial score (nSPS) is 12.0. The number of pyridine rings is 1. The number of hydrogen-bond donors (Lipinski definition) is 1. The Morgan fingerprint density at radius 2 is 1.90 bits per heavy atom. The number of alkyl halides is 3. The van der Waals surface area contributed by atoms with E-state index in [-0.39, 0.29) is 12.0 Å². The van der Waals surface area contributed by atoms with Crippen molar-refractivity contribution in [3.63, 3.8) is 0 Å². The first-order valence-electron chi connectivity index (χ1n) is 6.16. The summed E-state index contributed by atoms with van der Waals surface area (Å²) < 4.78 is 39.4. The summed E-state index contributed by atoms with van der Waals surface area (Å²) in [6.45, 7) is 0. The van der Waals surface area contributed by atoms with Crippen molar-refractivity contribution in [3.8, 4) is 0 Å². The lowest BCUT2D eigenvalue weighted by molar-refractivity contribution is -0.137. The molecule has 1 aromatic carbocycles. The van der Waals surface area contributed by atoms with E-state index in [9.17, 15) is 18.0 Å². The number of fused-ring (bicyclic) bond motifs is 1. The van der Waals surface area contributed by atoms with Gasteiger partial charge in [-0.05, 0) is 17.7 Å². The van der Waals surface area contributed by atoms with Crippen molar-refractivity contribution < 1.29 is 13.2 Å². The van der Waals surface area contributed by atoms with Gasteiger partial charge in [0.15, 0.2) is 0 Å². The zero-order valence-electron chi connectivity index (χ0n) is 10.7. The van der Waals surface area contributed by atoms with E-state index < -0.39 is 11.7 Å². The molecule has 0 bridgehead atoms. The number of aromatic nitrogens is 3. The molecule has 0 atom stereocenters. The fourth-order valence-corrected chi connectivity index (χ4v) is 2.17. The molecule has 7 heteroatoms. The Morgan fingerprint density at radius 1 is 1.14 bits per heavy atom. The van der Waals surface area contributed by atoms with Gasteiger partial charge in [0.05, 0.1) is 5.56 Å². The molecule has 21 heavy (non-hydrogen) atoms. The van der Waals surface area contributed by atoms with E-state index >= 15 is 0 Å². The smallest absolute Gasteiger partial charge is 0.269 e. The Hall–Kier alpha value is -2.57. The van der Waals surface area contributed by atoms with E-state index in [0.717, 1.165) is 12.1 Å². The van der Waals surface area contributed by atoms with E-state index in [0.29, 0.717) is 17.0 Å². The van der Waals surface area contributed by atoms with Crippen LogP contribution in [0.5, 0.6) is 0 Å². The predicted molar refractivity (Wildman–Crippen MR) is 70.1 cm³/mol. The minimum absolute atomic E-state index is 0.133. The summed E-state index contributed by atoms with van der Waals surface area (Å²) in [7, 11) is 0. The standard InChI is InChI=1S/C14H10F3N3O/c15-14(16,17)10-4-1-3-9(7-10)8-12-19-18-11-5-2-6-13(21)20(11)12/h1-7,18H,8H2. The number of benzene rings is 1. The van der Waals surface area contributed by atoms with Crippen LogP contribution in [-0.2, 0) is 12.6 Å². The summed E-state index contributed by atoms with van der Waals surface area (Å²) in [4.78, 5) is 11.8. The van der Waals surface area contributed by atoms with Crippen molar-refractivity contribution in [1.82, 2.24) is 14.6 Å². The molecule has 2 aromatic heterocycles. The third-order valence-electron chi connectivity index (χ3n) is 3.13. The molecular weight excluding hydrogens is 283 g/mol. The third kappa shape index (κ3) is 2.54. The number of hydrogen-bond acceptors (Lipinski definition) is 2. The SMILES string of the molecule is O=c1cccc2[nH]nc(Cc3cccc(C(F)(F)F)c3)n12. The summed E-state index contributed by atoms with van der Waals surface area (Å²) in [5.74, 6) is 0.370. The molecule has 0 aliphatic rings. The zero-order valence-corrected chi connectivity index (χ0v) is 10.7. The predicted octanol–water partition coefficient (Wildman–Crippen LogP) is 2.63. The first kappa shape index (κ1) is 13.4. The van der Waals surface area contributed by atoms with Crippen molar-refractivity contribution in [2.45, 2.75) is 12.6 Å². The van der Waals surface area contributed by atoms with Gasteiger partial charge in [-0.3, -0.25) is 9.89 Å². The topological polar surface area (TPSA) is 50.2 Å². The molecule has 2 heterocycles. The molecule has 3 aromatic rings. The molecule has 1 N–H and O–H groups in total. The van der Waals surface area contributed by atoms with Crippen LogP contribution in [0.1, 0.15) is 17.0 Å². The van der Waals surface area contributed by atoms with Crippen LogP contribution in [0.4, 0.5) is 13.2 Å². The minimum Gasteiger partial charge on any atom is -0.269 e. The van der Waals surface area contributed by atoms with Crippen LogP contribution < -0.4 is 5.56 Å². The maximum absolute atomic E-state index is 12.7. The van der Waals surface area contributed by atoms with E-state index in [1.54, 1.807) is 18.2 Å². The molecule has 0 radical (unpaired) electrons. The van der Waals surface area contributed by atoms with Crippen LogP contribution in [0.15, 0.2) is 47.3 Å². The number of H-pyrrole nitrogens is 1. The van der Waals surface area contributed by atoms with Crippen molar-refractivity contribution in [3.05, 3.63) is 69.8 Å².